The van der Waals surface area contributed by atoms with Crippen LogP contribution in [0.2, 0.25) is 0 Å². The molecule has 1 N–H and O–H groups in total. The molecule has 1 rings (SSSR count). The van der Waals surface area contributed by atoms with E-state index in [9.17, 15) is 5.11 Å². The predicted octanol–water partition coefficient (Wildman–Crippen LogP) is 0.717. The Morgan fingerprint density at radius 3 is 2.40 bits per heavy atom. The largest absolute Gasteiger partial charge is 0.378 e. The van der Waals surface area contributed by atoms with Gasteiger partial charge in [0.25, 0.3) is 0 Å². The van der Waals surface area contributed by atoms with Gasteiger partial charge in [-0.25, -0.2) is 0 Å². The summed E-state index contributed by atoms with van der Waals surface area (Å²) in [5.74, 6) is 0. The molecule has 0 spiro atoms. The van der Waals surface area contributed by atoms with Gasteiger partial charge in [0.2, 0.25) is 0 Å². The molecule has 0 amide bonds. The maximum Gasteiger partial charge on any atom is 0.107 e. The zero-order valence-corrected chi connectivity index (χ0v) is 7.38. The Balaban J connectivity index is 2.49. The van der Waals surface area contributed by atoms with Crippen LogP contribution in [-0.4, -0.2) is 34.6 Å². The van der Waals surface area contributed by atoms with Crippen molar-refractivity contribution in [1.82, 2.24) is 4.90 Å². The number of hydrogen-bond acceptors (Lipinski definition) is 3. The lowest BCUT2D eigenvalue weighted by Crippen LogP contribution is -2.36. The monoisotopic (exact) mass is 161 g/mol. The van der Waals surface area contributed by atoms with Crippen LogP contribution in [0.1, 0.15) is 19.8 Å². The molecule has 0 bridgehead atoms. The second-order valence-corrected chi connectivity index (χ2v) is 3.85. The van der Waals surface area contributed by atoms with E-state index in [-0.39, 0.29) is 6.23 Å². The highest BCUT2D eigenvalue weighted by Gasteiger charge is 2.30. The molecule has 0 radical (unpaired) electrons. The molecule has 1 heterocycles. The molecule has 3 atom stereocenters. The molecule has 0 aromatic rings. The maximum atomic E-state index is 9.31. The molecule has 3 unspecified atom stereocenters. The topological polar surface area (TPSA) is 23.5 Å². The smallest absolute Gasteiger partial charge is 0.107 e. The number of thiol groups is 1. The van der Waals surface area contributed by atoms with Crippen LogP contribution in [0.25, 0.3) is 0 Å². The van der Waals surface area contributed by atoms with Crippen LogP contribution < -0.4 is 0 Å². The number of hydrogen-bond donors (Lipinski definition) is 2. The number of nitrogens with zero attached hydrogens (tertiary/aromatic N) is 1. The maximum absolute atomic E-state index is 9.31. The third-order valence-electron chi connectivity index (χ3n) is 2.27. The second kappa shape index (κ2) is 3.11. The first-order valence-corrected chi connectivity index (χ1v) is 4.22. The van der Waals surface area contributed by atoms with Crippen molar-refractivity contribution in [3.05, 3.63) is 0 Å². The van der Waals surface area contributed by atoms with Gasteiger partial charge in [-0.3, -0.25) is 4.90 Å². The first-order valence-electron chi connectivity index (χ1n) is 3.71. The summed E-state index contributed by atoms with van der Waals surface area (Å²) in [5, 5.41) is 9.67. The van der Waals surface area contributed by atoms with Crippen LogP contribution in [0, 0.1) is 0 Å². The Labute approximate surface area is 67.6 Å². The lowest BCUT2D eigenvalue weighted by Gasteiger charge is -2.24. The first kappa shape index (κ1) is 8.37. The van der Waals surface area contributed by atoms with Gasteiger partial charge in [0.1, 0.15) is 6.23 Å². The zero-order chi connectivity index (χ0) is 7.72. The third-order valence-corrected chi connectivity index (χ3v) is 2.61. The van der Waals surface area contributed by atoms with Gasteiger partial charge in [0.05, 0.1) is 0 Å². The third kappa shape index (κ3) is 1.47. The van der Waals surface area contributed by atoms with Gasteiger partial charge in [0, 0.05) is 11.3 Å². The average Bonchev–Trinajstić information content (AvgIpc) is 2.14. The highest BCUT2D eigenvalue weighted by molar-refractivity contribution is 7.81. The molecule has 0 aromatic carbocycles. The van der Waals surface area contributed by atoms with Crippen molar-refractivity contribution in [3.8, 4) is 0 Å². The minimum absolute atomic E-state index is 0.236. The summed E-state index contributed by atoms with van der Waals surface area (Å²) in [6.45, 7) is 2.07. The molecule has 0 saturated carbocycles. The minimum Gasteiger partial charge on any atom is -0.378 e. The number of aliphatic hydroxyl groups is 1. The number of rotatable bonds is 1. The molecule has 1 aliphatic rings. The highest BCUT2D eigenvalue weighted by Crippen LogP contribution is 2.24. The molecule has 1 fully saturated rings. The number of likely N-dealkylation sites (tertiary alicyclic amines) is 1. The lowest BCUT2D eigenvalue weighted by atomic mass is 10.2. The Morgan fingerprint density at radius 1 is 1.60 bits per heavy atom. The Morgan fingerprint density at radius 2 is 2.20 bits per heavy atom. The summed E-state index contributed by atoms with van der Waals surface area (Å²) in [6, 6.07) is 0.457. The molecule has 2 nitrogen and oxygen atoms in total. The fourth-order valence-corrected chi connectivity index (χ4v) is 1.89. The molecule has 3 heteroatoms. The van der Waals surface area contributed by atoms with Crippen molar-refractivity contribution in [2.75, 3.05) is 7.05 Å². The van der Waals surface area contributed by atoms with Crippen molar-refractivity contribution < 1.29 is 5.11 Å². The molecular weight excluding hydrogens is 146 g/mol. The molecule has 60 valence electrons. The van der Waals surface area contributed by atoms with E-state index in [1.165, 1.54) is 0 Å². The lowest BCUT2D eigenvalue weighted by molar-refractivity contribution is 0.0382. The minimum atomic E-state index is -0.236. The average molecular weight is 161 g/mol. The molecule has 10 heavy (non-hydrogen) atoms. The van der Waals surface area contributed by atoms with E-state index >= 15 is 0 Å². The van der Waals surface area contributed by atoms with Crippen LogP contribution in [0.15, 0.2) is 0 Å². The summed E-state index contributed by atoms with van der Waals surface area (Å²) in [5.41, 5.74) is 0. The summed E-state index contributed by atoms with van der Waals surface area (Å²) in [4.78, 5) is 2.00. The van der Waals surface area contributed by atoms with E-state index in [4.69, 9.17) is 0 Å². The van der Waals surface area contributed by atoms with Crippen LogP contribution >= 0.6 is 12.6 Å². The van der Waals surface area contributed by atoms with E-state index in [2.05, 4.69) is 19.6 Å². The van der Waals surface area contributed by atoms with E-state index in [1.807, 2.05) is 11.9 Å². The van der Waals surface area contributed by atoms with Crippen molar-refractivity contribution in [3.63, 3.8) is 0 Å². The molecule has 1 aliphatic heterocycles. The van der Waals surface area contributed by atoms with Gasteiger partial charge < -0.3 is 5.11 Å². The normalized spacial score (nSPS) is 38.4. The fourth-order valence-electron chi connectivity index (χ4n) is 1.53. The van der Waals surface area contributed by atoms with Crippen molar-refractivity contribution in [2.24, 2.45) is 0 Å². The summed E-state index contributed by atoms with van der Waals surface area (Å²) < 4.78 is 0. The van der Waals surface area contributed by atoms with Crippen LogP contribution in [0.5, 0.6) is 0 Å². The molecule has 0 aliphatic carbocycles. The SMILES string of the molecule is CC(S)C1CCC(O)N1C. The quantitative estimate of drug-likeness (QED) is 0.554. The predicted molar refractivity (Wildman–Crippen MR) is 45.2 cm³/mol. The van der Waals surface area contributed by atoms with E-state index in [0.717, 1.165) is 12.8 Å². The Hall–Kier alpha value is 0.270. The van der Waals surface area contributed by atoms with Crippen molar-refractivity contribution in [1.29, 1.82) is 0 Å². The van der Waals surface area contributed by atoms with Gasteiger partial charge in [-0.1, -0.05) is 6.92 Å². The van der Waals surface area contributed by atoms with Crippen LogP contribution in [-0.2, 0) is 0 Å². The van der Waals surface area contributed by atoms with E-state index < -0.39 is 0 Å². The van der Waals surface area contributed by atoms with E-state index in [1.54, 1.807) is 0 Å². The fraction of sp³-hybridized carbons (Fsp3) is 1.00. The zero-order valence-electron chi connectivity index (χ0n) is 6.49. The van der Waals surface area contributed by atoms with Gasteiger partial charge >= 0.3 is 0 Å². The molecular formula is C7H15NOS. The Bertz CT molecular complexity index is 118. The van der Waals surface area contributed by atoms with Gasteiger partial charge in [-0.05, 0) is 19.9 Å². The van der Waals surface area contributed by atoms with Gasteiger partial charge in [0.15, 0.2) is 0 Å². The Kier molecular flexibility index (Phi) is 2.61. The summed E-state index contributed by atoms with van der Waals surface area (Å²) >= 11 is 4.34. The second-order valence-electron chi connectivity index (χ2n) is 3.03. The first-order chi connectivity index (χ1) is 4.63. The molecule has 0 aromatic heterocycles. The van der Waals surface area contributed by atoms with E-state index in [0.29, 0.717) is 11.3 Å². The summed E-state index contributed by atoms with van der Waals surface area (Å²) in [6.07, 6.45) is 1.73. The molecule has 1 saturated heterocycles. The number of aliphatic hydroxyl groups excluding tert-OH is 1. The highest BCUT2D eigenvalue weighted by atomic mass is 32.1. The van der Waals surface area contributed by atoms with Gasteiger partial charge in [-0.15, -0.1) is 0 Å². The summed E-state index contributed by atoms with van der Waals surface area (Å²) in [7, 11) is 1.95. The van der Waals surface area contributed by atoms with Crippen LogP contribution in [0.4, 0.5) is 0 Å². The van der Waals surface area contributed by atoms with Crippen molar-refractivity contribution >= 4 is 12.6 Å². The standard InChI is InChI=1S/C7H15NOS/c1-5(10)6-3-4-7(9)8(6)2/h5-7,9-10H,3-4H2,1-2H3. The van der Waals surface area contributed by atoms with Crippen molar-refractivity contribution in [2.45, 2.75) is 37.3 Å². The van der Waals surface area contributed by atoms with Gasteiger partial charge in [-0.2, -0.15) is 12.6 Å². The van der Waals surface area contributed by atoms with Crippen LogP contribution in [0.3, 0.4) is 0 Å².